The Kier molecular flexibility index (Phi) is 6.30. The highest BCUT2D eigenvalue weighted by Crippen LogP contribution is 2.41. The molecule has 10 nitrogen and oxygen atoms in total. The number of benzene rings is 1. The molecule has 4 heterocycles. The van der Waals surface area contributed by atoms with E-state index in [2.05, 4.69) is 0 Å². The zero-order chi connectivity index (χ0) is 27.2. The van der Waals surface area contributed by atoms with Gasteiger partial charge in [0.1, 0.15) is 12.2 Å². The Bertz CT molecular complexity index is 1540. The van der Waals surface area contributed by atoms with Gasteiger partial charge in [-0.1, -0.05) is 25.1 Å². The number of nitrogens with zero attached hydrogens (tertiary/aromatic N) is 2. The monoisotopic (exact) mass is 520 g/mol. The number of cyclic esters (lactones) is 1. The summed E-state index contributed by atoms with van der Waals surface area (Å²) in [6.45, 7) is 7.17. The van der Waals surface area contributed by atoms with Crippen molar-refractivity contribution in [2.75, 3.05) is 6.54 Å². The zero-order valence-corrected chi connectivity index (χ0v) is 21.8. The summed E-state index contributed by atoms with van der Waals surface area (Å²) in [6, 6.07) is 11.4. The molecule has 0 unspecified atom stereocenters. The fraction of sp³-hybridized carbons (Fsp3) is 0.393. The maximum absolute atomic E-state index is 13.6. The lowest BCUT2D eigenvalue weighted by Crippen LogP contribution is -2.88. The van der Waals surface area contributed by atoms with E-state index >= 15 is 0 Å². The first-order valence-corrected chi connectivity index (χ1v) is 12.6. The molecule has 0 saturated heterocycles. The molecule has 5 rings (SSSR count). The first-order valence-electron chi connectivity index (χ1n) is 12.6. The molecule has 0 aliphatic carbocycles. The second-order valence-electron chi connectivity index (χ2n) is 10.5. The number of rotatable bonds is 5. The van der Waals surface area contributed by atoms with Crippen LogP contribution in [0.2, 0.25) is 0 Å². The predicted molar refractivity (Wildman–Crippen MR) is 136 cm³/mol. The number of fused-ring (bicyclic) bond motifs is 5. The molecule has 198 valence electrons. The number of quaternary nitrogens is 1. The van der Waals surface area contributed by atoms with Crippen molar-refractivity contribution in [1.82, 2.24) is 9.55 Å². The minimum absolute atomic E-state index is 0.0707. The first-order chi connectivity index (χ1) is 18.0. The Morgan fingerprint density at radius 3 is 2.68 bits per heavy atom. The number of ether oxygens (including phenoxy) is 3. The third kappa shape index (κ3) is 4.45. The summed E-state index contributed by atoms with van der Waals surface area (Å²) in [5.74, 6) is -1.42. The SMILES string of the molecule is CC[C@@]1(OC(=O)CC[NH2+]C(=O)OC(C)(C)C)C(=O)OCc2c1cc1n(c2=O)Cc2cc3ccccc3nc2-1. The second kappa shape index (κ2) is 9.36. The predicted octanol–water partition coefficient (Wildman–Crippen LogP) is 2.52. The minimum atomic E-state index is -1.77. The van der Waals surface area contributed by atoms with Crippen molar-refractivity contribution in [2.24, 2.45) is 0 Å². The lowest BCUT2D eigenvalue weighted by Gasteiger charge is -2.35. The van der Waals surface area contributed by atoms with E-state index in [1.54, 1.807) is 38.3 Å². The van der Waals surface area contributed by atoms with E-state index in [9.17, 15) is 19.2 Å². The number of pyridine rings is 2. The number of carbonyl (C=O) groups is 3. The van der Waals surface area contributed by atoms with Crippen molar-refractivity contribution >= 4 is 28.9 Å². The molecule has 1 aromatic carbocycles. The molecule has 2 aliphatic heterocycles. The lowest BCUT2D eigenvalue weighted by atomic mass is 9.85. The van der Waals surface area contributed by atoms with Gasteiger partial charge < -0.3 is 18.8 Å². The number of para-hydroxylation sites is 1. The molecule has 0 fully saturated rings. The summed E-state index contributed by atoms with van der Waals surface area (Å²) >= 11 is 0. The minimum Gasteiger partial charge on any atom is -0.457 e. The molecular formula is C28H30N3O7+. The third-order valence-corrected chi connectivity index (χ3v) is 6.74. The van der Waals surface area contributed by atoms with Crippen molar-refractivity contribution in [3.05, 3.63) is 63.4 Å². The van der Waals surface area contributed by atoms with Gasteiger partial charge in [-0.2, -0.15) is 4.79 Å². The van der Waals surface area contributed by atoms with Crippen molar-refractivity contribution in [1.29, 1.82) is 0 Å². The number of primary amides is 1. The van der Waals surface area contributed by atoms with Gasteiger partial charge in [-0.3, -0.25) is 9.59 Å². The molecule has 1 atom stereocenters. The van der Waals surface area contributed by atoms with Gasteiger partial charge >= 0.3 is 18.0 Å². The van der Waals surface area contributed by atoms with Crippen LogP contribution in [0.3, 0.4) is 0 Å². The molecule has 38 heavy (non-hydrogen) atoms. The number of carbonyl (C=O) groups excluding carboxylic acids is 3. The van der Waals surface area contributed by atoms with Crippen LogP contribution >= 0.6 is 0 Å². The van der Waals surface area contributed by atoms with Gasteiger partial charge in [-0.25, -0.2) is 15.1 Å². The van der Waals surface area contributed by atoms with E-state index < -0.39 is 29.2 Å². The largest absolute Gasteiger partial charge is 0.513 e. The molecule has 2 aromatic heterocycles. The molecule has 0 bridgehead atoms. The number of hydrogen-bond acceptors (Lipinski definition) is 8. The summed E-state index contributed by atoms with van der Waals surface area (Å²) < 4.78 is 18.0. The lowest BCUT2D eigenvalue weighted by molar-refractivity contribution is -0.571. The van der Waals surface area contributed by atoms with E-state index in [0.717, 1.165) is 16.5 Å². The van der Waals surface area contributed by atoms with Crippen LogP contribution in [0.1, 0.15) is 57.2 Å². The molecule has 0 spiro atoms. The van der Waals surface area contributed by atoms with Gasteiger partial charge in [-0.15, -0.1) is 0 Å². The molecular weight excluding hydrogens is 490 g/mol. The number of hydrogen-bond donors (Lipinski definition) is 1. The smallest absolute Gasteiger partial charge is 0.457 e. The van der Waals surface area contributed by atoms with Gasteiger partial charge in [0.2, 0.25) is 5.60 Å². The van der Waals surface area contributed by atoms with Crippen molar-refractivity contribution in [3.63, 3.8) is 0 Å². The molecule has 10 heteroatoms. The fourth-order valence-electron chi connectivity index (χ4n) is 4.98. The normalized spacial score (nSPS) is 17.8. The third-order valence-electron chi connectivity index (χ3n) is 6.74. The summed E-state index contributed by atoms with van der Waals surface area (Å²) in [7, 11) is 0. The van der Waals surface area contributed by atoms with Gasteiger partial charge in [0, 0.05) is 16.5 Å². The Balaban J connectivity index is 1.47. The number of nitrogens with two attached hydrogens (primary N) is 1. The molecule has 2 aliphatic rings. The first kappa shape index (κ1) is 25.6. The van der Waals surface area contributed by atoms with Crippen LogP contribution in [-0.4, -0.2) is 39.7 Å². The molecule has 0 radical (unpaired) electrons. The van der Waals surface area contributed by atoms with Crippen LogP contribution in [0, 0.1) is 0 Å². The highest BCUT2D eigenvalue weighted by atomic mass is 16.6. The second-order valence-corrected chi connectivity index (χ2v) is 10.5. The Morgan fingerprint density at radius 2 is 1.95 bits per heavy atom. The summed E-state index contributed by atoms with van der Waals surface area (Å²) in [4.78, 5) is 56.3. The standard InChI is InChI=1S/C28H29N3O7/c1-5-28(37-22(32)10-11-29-26(35)38-27(2,3)4)19-13-21-23-17(12-16-8-6-7-9-20(16)30-23)14-31(21)24(33)18(19)15-36-25(28)34/h6-9,12-13H,5,10-11,14-15H2,1-4H3,(H,29,35)/p+1/t28-/m0/s1. The van der Waals surface area contributed by atoms with Gasteiger partial charge in [0.25, 0.3) is 5.56 Å². The number of aromatic nitrogens is 2. The van der Waals surface area contributed by atoms with Gasteiger partial charge in [0.15, 0.2) is 0 Å². The summed E-state index contributed by atoms with van der Waals surface area (Å²) in [6.07, 6.45) is -0.620. The van der Waals surface area contributed by atoms with E-state index in [1.165, 1.54) is 5.32 Å². The fourth-order valence-corrected chi connectivity index (χ4v) is 4.98. The van der Waals surface area contributed by atoms with Crippen molar-refractivity contribution < 1.29 is 33.9 Å². The van der Waals surface area contributed by atoms with Gasteiger partial charge in [-0.05, 0) is 45.4 Å². The van der Waals surface area contributed by atoms with Crippen LogP contribution in [0.15, 0.2) is 41.2 Å². The molecule has 3 aromatic rings. The zero-order valence-electron chi connectivity index (χ0n) is 21.8. The highest BCUT2D eigenvalue weighted by molar-refractivity contribution is 5.88. The van der Waals surface area contributed by atoms with Crippen LogP contribution in [-0.2, 0) is 42.6 Å². The van der Waals surface area contributed by atoms with E-state index in [4.69, 9.17) is 19.2 Å². The molecule has 1 amide bonds. The molecule has 0 saturated carbocycles. The number of esters is 2. The Hall–Kier alpha value is -4.05. The van der Waals surface area contributed by atoms with E-state index in [-0.39, 0.29) is 37.1 Å². The Labute approximate surface area is 218 Å². The van der Waals surface area contributed by atoms with Crippen molar-refractivity contribution in [2.45, 2.75) is 64.9 Å². The van der Waals surface area contributed by atoms with E-state index in [0.29, 0.717) is 23.5 Å². The van der Waals surface area contributed by atoms with Crippen molar-refractivity contribution in [3.8, 4) is 11.4 Å². The quantitative estimate of drug-likeness (QED) is 0.314. The maximum Gasteiger partial charge on any atom is 0.513 e. The maximum atomic E-state index is 13.6. The van der Waals surface area contributed by atoms with Crippen LogP contribution in [0.4, 0.5) is 4.79 Å². The molecule has 2 N–H and O–H groups in total. The highest BCUT2D eigenvalue weighted by Gasteiger charge is 2.50. The Morgan fingerprint density at radius 1 is 1.18 bits per heavy atom. The topological polar surface area (TPSA) is 130 Å². The average Bonchev–Trinajstić information content (AvgIpc) is 3.21. The van der Waals surface area contributed by atoms with Crippen LogP contribution in [0.25, 0.3) is 22.3 Å². The number of amides is 1. The van der Waals surface area contributed by atoms with Gasteiger partial charge in [0.05, 0.1) is 42.0 Å². The summed E-state index contributed by atoms with van der Waals surface area (Å²) in [5.41, 5.74) is 0.780. The van der Waals surface area contributed by atoms with Crippen LogP contribution in [0.5, 0.6) is 0 Å². The summed E-state index contributed by atoms with van der Waals surface area (Å²) in [5, 5.41) is 2.24. The average molecular weight is 521 g/mol. The van der Waals surface area contributed by atoms with E-state index in [1.807, 2.05) is 30.3 Å². The van der Waals surface area contributed by atoms with Crippen LogP contribution < -0.4 is 10.9 Å².